The smallest absolute Gasteiger partial charge is 0.331 e. The first kappa shape index (κ1) is 44.1. The number of rotatable bonds is 7. The van der Waals surface area contributed by atoms with Crippen molar-refractivity contribution >= 4 is 5.97 Å². The van der Waals surface area contributed by atoms with Gasteiger partial charge < -0.3 is 74.9 Å². The van der Waals surface area contributed by atoms with Crippen molar-refractivity contribution in [2.45, 2.75) is 197 Å². The van der Waals surface area contributed by atoms with Crippen LogP contribution in [0.1, 0.15) is 105 Å². The summed E-state index contributed by atoms with van der Waals surface area (Å²) < 4.78 is 42.1. The Labute approximate surface area is 339 Å². The van der Waals surface area contributed by atoms with Crippen molar-refractivity contribution < 1.29 is 68.6 Å². The van der Waals surface area contributed by atoms with Gasteiger partial charge in [0.05, 0.1) is 54.4 Å². The molecule has 6 N–H and O–H groups in total. The fourth-order valence-electron chi connectivity index (χ4n) is 12.8. The number of fused-ring (bicyclic) bond motifs is 5. The second kappa shape index (κ2) is 17.1. The lowest BCUT2D eigenvalue weighted by molar-refractivity contribution is -0.336. The van der Waals surface area contributed by atoms with Gasteiger partial charge in [-0.1, -0.05) is 13.8 Å². The first-order valence-electron chi connectivity index (χ1n) is 21.3. The van der Waals surface area contributed by atoms with E-state index < -0.39 is 90.9 Å². The molecule has 17 heteroatoms. The maximum atomic E-state index is 12.6. The normalized spacial score (nSPS) is 52.8. The molecule has 8 rings (SSSR count). The second-order valence-corrected chi connectivity index (χ2v) is 18.9. The summed E-state index contributed by atoms with van der Waals surface area (Å²) in [4.78, 5) is 13.4. The van der Waals surface area contributed by atoms with Gasteiger partial charge in [-0.25, -0.2) is 4.79 Å². The Morgan fingerprint density at radius 3 is 1.84 bits per heavy atom. The van der Waals surface area contributed by atoms with Gasteiger partial charge >= 0.3 is 5.97 Å². The number of hydrogen-bond donors (Lipinski definition) is 6. The molecule has 21 atom stereocenters. The second-order valence-electron chi connectivity index (χ2n) is 18.9. The van der Waals surface area contributed by atoms with Crippen molar-refractivity contribution in [2.24, 2.45) is 34.5 Å². The van der Waals surface area contributed by atoms with E-state index in [9.17, 15) is 35.4 Å². The van der Waals surface area contributed by atoms with E-state index in [-0.39, 0.29) is 61.1 Å². The van der Waals surface area contributed by atoms with Gasteiger partial charge in [0.2, 0.25) is 0 Å². The fraction of sp³-hybridized carbons (Fsp3) is 0.927. The molecule has 17 nitrogen and oxygen atoms in total. The average Bonchev–Trinajstić information content (AvgIpc) is 3.71. The van der Waals surface area contributed by atoms with Crippen LogP contribution in [0.5, 0.6) is 0 Å². The standard InChI is InChI=1S/C41H64O14.N3/c1-19-36(47)28(42)15-34(50-19)54-38-21(3)52-35(17-30(38)44)55-37-20(2)51-33(16-29(37)43)53-24-8-10-39(4)23(13-24)6-7-26-27(39)14-31(45)40(5)25(9-11-41(26,40)48)22-12-32(46)49-18-22;1-3-2/h12,19-21,23-31,33-38,42-45,47-48H,6-11,13-18H2,1-5H3;/q;-1/t19-,20-,21-,23-,24+,25-,26-,27+,28+,29+,30+,31-,33+,34+,35+,36-,37-,38-,39+,40+,41+;/m1./s1. The molecule has 0 aromatic heterocycles. The van der Waals surface area contributed by atoms with Crippen LogP contribution in [0.25, 0.3) is 16.0 Å². The monoisotopic (exact) mass is 822 g/mol. The Bertz CT molecular complexity index is 1510. The van der Waals surface area contributed by atoms with E-state index in [1.165, 1.54) is 4.91 Å². The quantitative estimate of drug-likeness (QED) is 0.0709. The third-order valence-electron chi connectivity index (χ3n) is 16.0. The molecule has 7 fully saturated rings. The number of carbonyl (C=O) groups excluding carboxylic acids is 1. The minimum absolute atomic E-state index is 0.0452. The molecule has 4 aliphatic heterocycles. The van der Waals surface area contributed by atoms with Gasteiger partial charge in [-0.3, -0.25) is 4.91 Å². The van der Waals surface area contributed by atoms with Gasteiger partial charge in [-0.05, 0) is 107 Å². The van der Waals surface area contributed by atoms with Crippen LogP contribution in [-0.2, 0) is 38.0 Å². The summed E-state index contributed by atoms with van der Waals surface area (Å²) in [7, 11) is 0. The zero-order valence-corrected chi connectivity index (χ0v) is 34.2. The van der Waals surface area contributed by atoms with Crippen molar-refractivity contribution in [3.8, 4) is 0 Å². The number of aliphatic hydroxyl groups is 6. The van der Waals surface area contributed by atoms with Crippen molar-refractivity contribution in [1.82, 2.24) is 0 Å². The molecule has 4 heterocycles. The predicted octanol–water partition coefficient (Wildman–Crippen LogP) is 3.08. The van der Waals surface area contributed by atoms with E-state index in [2.05, 4.69) is 6.92 Å². The van der Waals surface area contributed by atoms with Crippen molar-refractivity contribution in [3.05, 3.63) is 27.6 Å². The van der Waals surface area contributed by atoms with Crippen LogP contribution in [0.4, 0.5) is 0 Å². The summed E-state index contributed by atoms with van der Waals surface area (Å²) in [5, 5.41) is 66.9. The molecule has 4 saturated carbocycles. The molecule has 0 bridgehead atoms. The number of aliphatic hydroxyl groups excluding tert-OH is 5. The van der Waals surface area contributed by atoms with Crippen LogP contribution in [0.3, 0.4) is 0 Å². The van der Waals surface area contributed by atoms with Crippen molar-refractivity contribution in [3.63, 3.8) is 0 Å². The van der Waals surface area contributed by atoms with Crippen molar-refractivity contribution in [2.75, 3.05) is 6.61 Å². The topological polar surface area (TPSA) is 262 Å². The number of cyclic esters (lactones) is 1. The van der Waals surface area contributed by atoms with Gasteiger partial charge in [0.25, 0.3) is 0 Å². The lowest BCUT2D eigenvalue weighted by Gasteiger charge is -2.65. The molecule has 3 saturated heterocycles. The highest BCUT2D eigenvalue weighted by molar-refractivity contribution is 5.85. The van der Waals surface area contributed by atoms with Crippen LogP contribution in [0, 0.1) is 34.5 Å². The highest BCUT2D eigenvalue weighted by atomic mass is 16.7. The van der Waals surface area contributed by atoms with E-state index in [1.54, 1.807) is 19.9 Å². The van der Waals surface area contributed by atoms with Gasteiger partial charge in [-0.2, -0.15) is 0 Å². The van der Waals surface area contributed by atoms with E-state index in [0.717, 1.165) is 44.1 Å². The Morgan fingerprint density at radius 1 is 0.724 bits per heavy atom. The minimum Gasteiger partial charge on any atom is -0.458 e. The molecule has 58 heavy (non-hydrogen) atoms. The molecule has 8 aliphatic rings. The Kier molecular flexibility index (Phi) is 13.0. The molecule has 0 unspecified atom stereocenters. The molecule has 0 amide bonds. The maximum Gasteiger partial charge on any atom is 0.331 e. The van der Waals surface area contributed by atoms with E-state index >= 15 is 0 Å². The minimum atomic E-state index is -1.01. The maximum absolute atomic E-state index is 12.6. The fourth-order valence-corrected chi connectivity index (χ4v) is 12.8. The summed E-state index contributed by atoms with van der Waals surface area (Å²) in [5.41, 5.74) is 12.6. The van der Waals surface area contributed by atoms with Crippen LogP contribution in [-0.4, -0.2) is 135 Å². The van der Waals surface area contributed by atoms with Gasteiger partial charge in [0.1, 0.15) is 24.9 Å². The number of carbonyl (C=O) groups is 1. The van der Waals surface area contributed by atoms with Gasteiger partial charge in [0, 0.05) is 30.8 Å². The third kappa shape index (κ3) is 7.86. The lowest BCUT2D eigenvalue weighted by atomic mass is 9.42. The zero-order chi connectivity index (χ0) is 41.9. The zero-order valence-electron chi connectivity index (χ0n) is 34.2. The number of ether oxygens (including phenoxy) is 7. The van der Waals surface area contributed by atoms with Gasteiger partial charge in [-0.15, -0.1) is 0 Å². The highest BCUT2D eigenvalue weighted by Gasteiger charge is 2.71. The molecule has 0 aromatic carbocycles. The Balaban J connectivity index is 0.00000166. The Hall–Kier alpha value is -1.96. The largest absolute Gasteiger partial charge is 0.458 e. The highest BCUT2D eigenvalue weighted by Crippen LogP contribution is 2.70. The number of hydrogen-bond acceptors (Lipinski definition) is 14. The van der Waals surface area contributed by atoms with Gasteiger partial charge in [0.15, 0.2) is 18.9 Å². The molecule has 0 aromatic rings. The van der Waals surface area contributed by atoms with Crippen LogP contribution in [0.15, 0.2) is 11.6 Å². The summed E-state index contributed by atoms with van der Waals surface area (Å²) in [6, 6.07) is 0. The molecular weight excluding hydrogens is 758 g/mol. The first-order valence-corrected chi connectivity index (χ1v) is 21.3. The predicted molar refractivity (Wildman–Crippen MR) is 203 cm³/mol. The summed E-state index contributed by atoms with van der Waals surface area (Å²) >= 11 is 0. The molecule has 0 radical (unpaired) electrons. The molecule has 0 spiro atoms. The van der Waals surface area contributed by atoms with E-state index in [0.29, 0.717) is 18.8 Å². The summed E-state index contributed by atoms with van der Waals surface area (Å²) in [6.45, 7) is 9.90. The van der Waals surface area contributed by atoms with Crippen LogP contribution in [0.2, 0.25) is 0 Å². The van der Waals surface area contributed by atoms with Crippen LogP contribution < -0.4 is 0 Å². The van der Waals surface area contributed by atoms with Crippen LogP contribution >= 0.6 is 0 Å². The number of esters is 1. The lowest BCUT2D eigenvalue weighted by Crippen LogP contribution is -2.67. The molecule has 328 valence electrons. The summed E-state index contributed by atoms with van der Waals surface area (Å²) in [5.74, 6) is 0.204. The average molecular weight is 823 g/mol. The SMILES string of the molecule is C[C@H]1O[C@@H](O[C@H]2[C@@H](O)C[C@H](O[C@H]3[C@@H](O)C[C@H](O[C@H]4CC[C@@]5(C)[C@H](CC[C@@H]6[C@@H]5C[C@@H](O)[C@]5(C)[C@@H](C7=CC(=O)OC7)CC[C@]65O)C4)O[C@@H]3C)O[C@@H]2C)C[C@H](O)[C@@H]1O.[N-]=[N+]=[N-]. The Morgan fingerprint density at radius 2 is 1.29 bits per heavy atom. The van der Waals surface area contributed by atoms with Crippen molar-refractivity contribution in [1.29, 1.82) is 0 Å². The molecule has 4 aliphatic carbocycles. The number of nitrogens with zero attached hydrogens (tertiary/aromatic N) is 3. The third-order valence-corrected chi connectivity index (χ3v) is 16.0. The van der Waals surface area contributed by atoms with E-state index in [4.69, 9.17) is 44.2 Å². The summed E-state index contributed by atoms with van der Waals surface area (Å²) in [6.07, 6.45) is -1.51. The first-order chi connectivity index (χ1) is 27.4. The molecular formula is C41H64N3O14-. The van der Waals surface area contributed by atoms with E-state index in [1.807, 2.05) is 13.8 Å².